The van der Waals surface area contributed by atoms with Crippen molar-refractivity contribution in [3.05, 3.63) is 57.7 Å². The summed E-state index contributed by atoms with van der Waals surface area (Å²) in [6.07, 6.45) is 3.06. The highest BCUT2D eigenvalue weighted by Crippen LogP contribution is 2.31. The van der Waals surface area contributed by atoms with E-state index in [0.717, 1.165) is 18.9 Å². The number of anilines is 2. The van der Waals surface area contributed by atoms with Gasteiger partial charge in [0.1, 0.15) is 11.5 Å². The summed E-state index contributed by atoms with van der Waals surface area (Å²) < 4.78 is 0. The molecule has 2 fully saturated rings. The van der Waals surface area contributed by atoms with Crippen LogP contribution in [0.4, 0.5) is 17.2 Å². The lowest BCUT2D eigenvalue weighted by molar-refractivity contribution is -0.384. The van der Waals surface area contributed by atoms with Gasteiger partial charge in [0.05, 0.1) is 9.95 Å². The zero-order valence-corrected chi connectivity index (χ0v) is 17.4. The van der Waals surface area contributed by atoms with Gasteiger partial charge >= 0.3 is 0 Å². The van der Waals surface area contributed by atoms with E-state index in [-0.39, 0.29) is 22.4 Å². The van der Waals surface area contributed by atoms with Gasteiger partial charge in [-0.3, -0.25) is 14.9 Å². The van der Waals surface area contributed by atoms with Crippen LogP contribution in [0.3, 0.4) is 0 Å². The molecule has 2 aliphatic rings. The third kappa shape index (κ3) is 4.33. The first-order chi connectivity index (χ1) is 14.5. The number of nitro benzene ring substituents is 1. The molecular weight excluding hydrogens is 406 g/mol. The minimum absolute atomic E-state index is 0.0239. The number of piperidine rings is 1. The van der Waals surface area contributed by atoms with Crippen molar-refractivity contribution >= 4 is 34.7 Å². The Bertz CT molecular complexity index is 907. The maximum atomic E-state index is 13.0. The normalized spacial score (nSPS) is 17.8. The van der Waals surface area contributed by atoms with Crippen molar-refractivity contribution in [3.63, 3.8) is 0 Å². The molecule has 2 saturated heterocycles. The second-order valence-corrected chi connectivity index (χ2v) is 8.09. The summed E-state index contributed by atoms with van der Waals surface area (Å²) >= 11 is 5.90. The lowest BCUT2D eigenvalue weighted by Crippen LogP contribution is -2.52. The van der Waals surface area contributed by atoms with Crippen molar-refractivity contribution in [1.82, 2.24) is 9.88 Å². The van der Waals surface area contributed by atoms with Gasteiger partial charge < -0.3 is 14.7 Å². The molecule has 1 aromatic heterocycles. The number of hydrogen-bond acceptors (Lipinski definition) is 6. The predicted octanol–water partition coefficient (Wildman–Crippen LogP) is 3.21. The van der Waals surface area contributed by atoms with Crippen molar-refractivity contribution in [2.45, 2.75) is 12.8 Å². The highest BCUT2D eigenvalue weighted by atomic mass is 35.5. The molecule has 3 heterocycles. The lowest BCUT2D eigenvalue weighted by atomic mass is 9.94. The predicted molar refractivity (Wildman–Crippen MR) is 116 cm³/mol. The van der Waals surface area contributed by atoms with Crippen molar-refractivity contribution in [2.75, 3.05) is 49.1 Å². The second-order valence-electron chi connectivity index (χ2n) is 7.65. The average molecular weight is 430 g/mol. The van der Waals surface area contributed by atoms with Crippen LogP contribution in [0.1, 0.15) is 12.8 Å². The van der Waals surface area contributed by atoms with E-state index >= 15 is 0 Å². The Hall–Kier alpha value is -2.87. The molecule has 1 aromatic carbocycles. The Kier molecular flexibility index (Phi) is 6.03. The number of nitrogens with zero attached hydrogens (tertiary/aromatic N) is 5. The van der Waals surface area contributed by atoms with Crippen LogP contribution in [0.5, 0.6) is 0 Å². The van der Waals surface area contributed by atoms with Crippen LogP contribution >= 0.6 is 11.6 Å². The molecule has 1 amide bonds. The number of pyridine rings is 1. The molecule has 0 aliphatic carbocycles. The SMILES string of the molecule is O=C(C1CCN(c2ccccc2[N+](=O)[O-])CC1)N1CCN(c2ccc(Cl)cn2)CC1. The molecule has 0 atom stereocenters. The van der Waals surface area contributed by atoms with E-state index in [4.69, 9.17) is 11.6 Å². The smallest absolute Gasteiger partial charge is 0.292 e. The number of carbonyl (C=O) groups is 1. The van der Waals surface area contributed by atoms with E-state index in [9.17, 15) is 14.9 Å². The summed E-state index contributed by atoms with van der Waals surface area (Å²) in [5.41, 5.74) is 0.756. The molecule has 0 bridgehead atoms. The van der Waals surface area contributed by atoms with Crippen LogP contribution < -0.4 is 9.80 Å². The third-order valence-electron chi connectivity index (χ3n) is 5.89. The summed E-state index contributed by atoms with van der Waals surface area (Å²) in [6, 6.07) is 10.5. The quantitative estimate of drug-likeness (QED) is 0.548. The average Bonchev–Trinajstić information content (AvgIpc) is 2.79. The van der Waals surface area contributed by atoms with Gasteiger partial charge in [-0.1, -0.05) is 23.7 Å². The number of halogens is 1. The maximum Gasteiger partial charge on any atom is 0.292 e. The van der Waals surface area contributed by atoms with Crippen LogP contribution in [-0.4, -0.2) is 60.0 Å². The van der Waals surface area contributed by atoms with Crippen molar-refractivity contribution in [1.29, 1.82) is 0 Å². The van der Waals surface area contributed by atoms with E-state index < -0.39 is 0 Å². The van der Waals surface area contributed by atoms with E-state index in [1.807, 2.05) is 28.0 Å². The number of carbonyl (C=O) groups excluding carboxylic acids is 1. The molecule has 30 heavy (non-hydrogen) atoms. The van der Waals surface area contributed by atoms with Crippen molar-refractivity contribution in [3.8, 4) is 0 Å². The Morgan fingerprint density at radius 2 is 1.70 bits per heavy atom. The minimum Gasteiger partial charge on any atom is -0.366 e. The molecular formula is C21H24ClN5O3. The Morgan fingerprint density at radius 3 is 2.33 bits per heavy atom. The molecule has 2 aliphatic heterocycles. The first-order valence-corrected chi connectivity index (χ1v) is 10.5. The van der Waals surface area contributed by atoms with Gasteiger partial charge in [0.25, 0.3) is 5.69 Å². The monoisotopic (exact) mass is 429 g/mol. The summed E-state index contributed by atoms with van der Waals surface area (Å²) in [5.74, 6) is 1.05. The number of para-hydroxylation sites is 2. The van der Waals surface area contributed by atoms with Crippen molar-refractivity contribution < 1.29 is 9.72 Å². The number of benzene rings is 1. The molecule has 0 unspecified atom stereocenters. The van der Waals surface area contributed by atoms with E-state index in [2.05, 4.69) is 9.88 Å². The van der Waals surface area contributed by atoms with Crippen LogP contribution in [0, 0.1) is 16.0 Å². The molecule has 9 heteroatoms. The van der Waals surface area contributed by atoms with Crippen molar-refractivity contribution in [2.24, 2.45) is 5.92 Å². The molecule has 0 N–H and O–H groups in total. The van der Waals surface area contributed by atoms with E-state index in [0.29, 0.717) is 49.7 Å². The largest absolute Gasteiger partial charge is 0.366 e. The van der Waals surface area contributed by atoms with Gasteiger partial charge in [0.2, 0.25) is 5.91 Å². The van der Waals surface area contributed by atoms with Gasteiger partial charge in [0, 0.05) is 57.4 Å². The standard InChI is InChI=1S/C21H24ClN5O3/c22-17-5-6-20(23-15-17)25-11-13-26(14-12-25)21(28)16-7-9-24(10-8-16)18-3-1-2-4-19(18)27(29)30/h1-6,15-16H,7-14H2. The zero-order chi connectivity index (χ0) is 21.1. The second kappa shape index (κ2) is 8.87. The summed E-state index contributed by atoms with van der Waals surface area (Å²) in [4.78, 5) is 34.4. The number of nitro groups is 1. The van der Waals surface area contributed by atoms with Crippen LogP contribution in [0.2, 0.25) is 5.02 Å². The first-order valence-electron chi connectivity index (χ1n) is 10.2. The zero-order valence-electron chi connectivity index (χ0n) is 16.6. The molecule has 0 saturated carbocycles. The number of hydrogen-bond donors (Lipinski definition) is 0. The van der Waals surface area contributed by atoms with Gasteiger partial charge in [-0.15, -0.1) is 0 Å². The molecule has 158 valence electrons. The fourth-order valence-corrected chi connectivity index (χ4v) is 4.33. The molecule has 4 rings (SSSR count). The molecule has 0 radical (unpaired) electrons. The van der Waals surface area contributed by atoms with Crippen LogP contribution in [-0.2, 0) is 4.79 Å². The fraction of sp³-hybridized carbons (Fsp3) is 0.429. The molecule has 8 nitrogen and oxygen atoms in total. The van der Waals surface area contributed by atoms with Gasteiger partial charge in [0.15, 0.2) is 0 Å². The van der Waals surface area contributed by atoms with Gasteiger partial charge in [-0.25, -0.2) is 4.98 Å². The minimum atomic E-state index is -0.346. The van der Waals surface area contributed by atoms with Gasteiger partial charge in [-0.05, 0) is 31.0 Å². The van der Waals surface area contributed by atoms with Crippen LogP contribution in [0.25, 0.3) is 0 Å². The summed E-state index contributed by atoms with van der Waals surface area (Å²) in [6.45, 7) is 4.14. The highest BCUT2D eigenvalue weighted by Gasteiger charge is 2.32. The number of rotatable bonds is 4. The van der Waals surface area contributed by atoms with Crippen LogP contribution in [0.15, 0.2) is 42.6 Å². The molecule has 0 spiro atoms. The van der Waals surface area contributed by atoms with E-state index in [1.165, 1.54) is 6.07 Å². The Balaban J connectivity index is 1.31. The van der Waals surface area contributed by atoms with Gasteiger partial charge in [-0.2, -0.15) is 0 Å². The Morgan fingerprint density at radius 1 is 1.00 bits per heavy atom. The first kappa shape index (κ1) is 20.4. The lowest BCUT2D eigenvalue weighted by Gasteiger charge is -2.39. The number of aromatic nitrogens is 1. The molecule has 2 aromatic rings. The highest BCUT2D eigenvalue weighted by molar-refractivity contribution is 6.30. The topological polar surface area (TPSA) is 82.8 Å². The number of amides is 1. The summed E-state index contributed by atoms with van der Waals surface area (Å²) in [7, 11) is 0. The van der Waals surface area contributed by atoms with E-state index in [1.54, 1.807) is 18.3 Å². The third-order valence-corrected chi connectivity index (χ3v) is 6.11. The maximum absolute atomic E-state index is 13.0. The number of piperazine rings is 1. The summed E-state index contributed by atoms with van der Waals surface area (Å²) in [5, 5.41) is 11.9. The Labute approximate surface area is 180 Å². The fourth-order valence-electron chi connectivity index (χ4n) is 4.22.